The van der Waals surface area contributed by atoms with Crippen LogP contribution in [0, 0.1) is 0 Å². The van der Waals surface area contributed by atoms with Gasteiger partial charge in [-0.2, -0.15) is 4.98 Å². The zero-order valence-corrected chi connectivity index (χ0v) is 16.6. The van der Waals surface area contributed by atoms with Gasteiger partial charge in [0.05, 0.1) is 12.0 Å². The van der Waals surface area contributed by atoms with E-state index in [4.69, 9.17) is 9.47 Å². The highest BCUT2D eigenvalue weighted by atomic mass is 32.1. The molecule has 0 saturated heterocycles. The number of carbonyl (C=O) groups excluding carboxylic acids is 1. The fourth-order valence-electron chi connectivity index (χ4n) is 1.91. The third-order valence-corrected chi connectivity index (χ3v) is 4.31. The molecule has 1 heterocycles. The summed E-state index contributed by atoms with van der Waals surface area (Å²) in [7, 11) is 5.53. The number of nitrogens with one attached hydrogen (secondary N) is 1. The maximum absolute atomic E-state index is 12.1. The molecule has 0 aliphatic rings. The number of amides is 1. The highest BCUT2D eigenvalue weighted by Gasteiger charge is 2.20. The van der Waals surface area contributed by atoms with E-state index in [1.165, 1.54) is 0 Å². The Bertz CT molecular complexity index is 526. The number of anilines is 1. The summed E-state index contributed by atoms with van der Waals surface area (Å²) < 4.78 is 10.7. The second-order valence-corrected chi connectivity index (χ2v) is 7.62. The maximum atomic E-state index is 12.1. The third-order valence-electron chi connectivity index (χ3n) is 3.10. The van der Waals surface area contributed by atoms with Crippen LogP contribution >= 0.6 is 11.3 Å². The standard InChI is InChI=1S/C16H30N4O3S/c1-8-20(15(21)23-16(2,3)4)10-9-17-11-12-13(22-7)18-14(24-12)19(5)6/h17H,8-11H2,1-7H3. The molecule has 0 saturated carbocycles. The van der Waals surface area contributed by atoms with Crippen molar-refractivity contribution in [1.29, 1.82) is 0 Å². The van der Waals surface area contributed by atoms with E-state index in [0.29, 0.717) is 32.1 Å². The van der Waals surface area contributed by atoms with Crippen molar-refractivity contribution in [3.05, 3.63) is 4.88 Å². The summed E-state index contributed by atoms with van der Waals surface area (Å²) in [6, 6.07) is 0. The number of hydrogen-bond acceptors (Lipinski definition) is 7. The fourth-order valence-corrected chi connectivity index (χ4v) is 2.83. The first-order valence-corrected chi connectivity index (χ1v) is 8.89. The average Bonchev–Trinajstić information content (AvgIpc) is 2.88. The van der Waals surface area contributed by atoms with Gasteiger partial charge in [-0.15, -0.1) is 0 Å². The molecule has 0 unspecified atom stereocenters. The first-order chi connectivity index (χ1) is 11.2. The number of carbonyl (C=O) groups is 1. The molecule has 0 aliphatic heterocycles. The van der Waals surface area contributed by atoms with Gasteiger partial charge < -0.3 is 24.6 Å². The Labute approximate surface area is 148 Å². The molecule has 0 fully saturated rings. The summed E-state index contributed by atoms with van der Waals surface area (Å²) in [6.45, 7) is 10.1. The number of nitrogens with zero attached hydrogens (tertiary/aromatic N) is 3. The van der Waals surface area contributed by atoms with Crippen molar-refractivity contribution in [1.82, 2.24) is 15.2 Å². The number of ether oxygens (including phenoxy) is 2. The monoisotopic (exact) mass is 358 g/mol. The minimum atomic E-state index is -0.476. The summed E-state index contributed by atoms with van der Waals surface area (Å²) in [5, 5.41) is 4.24. The molecule has 0 spiro atoms. The number of rotatable bonds is 8. The van der Waals surface area contributed by atoms with Gasteiger partial charge in [-0.3, -0.25) is 0 Å². The van der Waals surface area contributed by atoms with Crippen LogP contribution in [0.15, 0.2) is 0 Å². The van der Waals surface area contributed by atoms with E-state index in [1.54, 1.807) is 23.3 Å². The number of aromatic nitrogens is 1. The third kappa shape index (κ3) is 6.52. The number of likely N-dealkylation sites (N-methyl/N-ethyl adjacent to an activating group) is 1. The van der Waals surface area contributed by atoms with Crippen LogP contribution in [0.25, 0.3) is 0 Å². The first kappa shape index (κ1) is 20.5. The van der Waals surface area contributed by atoms with Gasteiger partial charge in [0.15, 0.2) is 5.13 Å². The lowest BCUT2D eigenvalue weighted by molar-refractivity contribution is 0.0262. The van der Waals surface area contributed by atoms with Crippen molar-refractivity contribution >= 4 is 22.6 Å². The Kier molecular flexibility index (Phi) is 7.75. The molecule has 1 aromatic rings. The van der Waals surface area contributed by atoms with E-state index in [0.717, 1.165) is 10.0 Å². The second-order valence-electron chi connectivity index (χ2n) is 6.56. The van der Waals surface area contributed by atoms with Gasteiger partial charge in [0.1, 0.15) is 5.60 Å². The van der Waals surface area contributed by atoms with Crippen molar-refractivity contribution in [3.8, 4) is 5.88 Å². The Balaban J connectivity index is 2.48. The largest absolute Gasteiger partial charge is 0.480 e. The number of thiazole rings is 1. The Morgan fingerprint density at radius 2 is 2.00 bits per heavy atom. The minimum absolute atomic E-state index is 0.280. The molecule has 0 radical (unpaired) electrons. The maximum Gasteiger partial charge on any atom is 0.410 e. The normalized spacial score (nSPS) is 11.3. The molecule has 0 aliphatic carbocycles. The Morgan fingerprint density at radius 3 is 2.50 bits per heavy atom. The quantitative estimate of drug-likeness (QED) is 0.721. The lowest BCUT2D eigenvalue weighted by atomic mass is 10.2. The topological polar surface area (TPSA) is 66.9 Å². The summed E-state index contributed by atoms with van der Waals surface area (Å²) in [4.78, 5) is 21.2. The van der Waals surface area contributed by atoms with E-state index in [9.17, 15) is 4.79 Å². The van der Waals surface area contributed by atoms with Crippen molar-refractivity contribution in [2.45, 2.75) is 39.8 Å². The fraction of sp³-hybridized carbons (Fsp3) is 0.750. The number of hydrogen-bond donors (Lipinski definition) is 1. The molecule has 1 N–H and O–H groups in total. The molecule has 7 nitrogen and oxygen atoms in total. The first-order valence-electron chi connectivity index (χ1n) is 8.07. The molecule has 1 rings (SSSR count). The predicted molar refractivity (Wildman–Crippen MR) is 98.2 cm³/mol. The van der Waals surface area contributed by atoms with Crippen LogP contribution < -0.4 is 15.0 Å². The average molecular weight is 359 g/mol. The van der Waals surface area contributed by atoms with Crippen LogP contribution in [0.5, 0.6) is 5.88 Å². The highest BCUT2D eigenvalue weighted by molar-refractivity contribution is 7.15. The molecule has 0 atom stereocenters. The summed E-state index contributed by atoms with van der Waals surface area (Å²) >= 11 is 1.59. The zero-order chi connectivity index (χ0) is 18.3. The molecule has 0 aromatic carbocycles. The molecule has 8 heteroatoms. The van der Waals surface area contributed by atoms with Gasteiger partial charge in [-0.1, -0.05) is 11.3 Å². The number of methoxy groups -OCH3 is 1. The second kappa shape index (κ2) is 9.08. The smallest absolute Gasteiger partial charge is 0.410 e. The lowest BCUT2D eigenvalue weighted by Gasteiger charge is -2.26. The Hall–Kier alpha value is -1.54. The van der Waals surface area contributed by atoms with E-state index in [2.05, 4.69) is 10.3 Å². The van der Waals surface area contributed by atoms with Crippen molar-refractivity contribution in [2.75, 3.05) is 45.7 Å². The molecule has 1 aromatic heterocycles. The molecule has 138 valence electrons. The van der Waals surface area contributed by atoms with E-state index in [1.807, 2.05) is 46.7 Å². The summed E-state index contributed by atoms with van der Waals surface area (Å²) in [6.07, 6.45) is -0.280. The zero-order valence-electron chi connectivity index (χ0n) is 15.8. The molecule has 0 bridgehead atoms. The van der Waals surface area contributed by atoms with Crippen LogP contribution in [-0.4, -0.2) is 62.4 Å². The highest BCUT2D eigenvalue weighted by Crippen LogP contribution is 2.30. The van der Waals surface area contributed by atoms with E-state index >= 15 is 0 Å². The minimum Gasteiger partial charge on any atom is -0.480 e. The molecule has 1 amide bonds. The van der Waals surface area contributed by atoms with Gasteiger partial charge in [-0.25, -0.2) is 4.79 Å². The predicted octanol–water partition coefficient (Wildman–Crippen LogP) is 2.56. The van der Waals surface area contributed by atoms with E-state index < -0.39 is 5.60 Å². The molecular weight excluding hydrogens is 328 g/mol. The Morgan fingerprint density at radius 1 is 1.33 bits per heavy atom. The molecule has 24 heavy (non-hydrogen) atoms. The SMILES string of the molecule is CCN(CCNCc1sc(N(C)C)nc1OC)C(=O)OC(C)(C)C. The van der Waals surface area contributed by atoms with Gasteiger partial charge in [0, 0.05) is 40.3 Å². The summed E-state index contributed by atoms with van der Waals surface area (Å²) in [5.41, 5.74) is -0.476. The van der Waals surface area contributed by atoms with Gasteiger partial charge >= 0.3 is 6.09 Å². The van der Waals surface area contributed by atoms with Crippen molar-refractivity contribution in [2.24, 2.45) is 0 Å². The van der Waals surface area contributed by atoms with Gasteiger partial charge in [0.2, 0.25) is 5.88 Å². The lowest BCUT2D eigenvalue weighted by Crippen LogP contribution is -2.40. The van der Waals surface area contributed by atoms with Crippen LogP contribution in [0.2, 0.25) is 0 Å². The van der Waals surface area contributed by atoms with Crippen LogP contribution in [0.4, 0.5) is 9.93 Å². The molecular formula is C16H30N4O3S. The van der Waals surface area contributed by atoms with Crippen LogP contribution in [0.1, 0.15) is 32.6 Å². The van der Waals surface area contributed by atoms with Crippen LogP contribution in [-0.2, 0) is 11.3 Å². The van der Waals surface area contributed by atoms with Crippen LogP contribution in [0.3, 0.4) is 0 Å². The van der Waals surface area contributed by atoms with Crippen molar-refractivity contribution in [3.63, 3.8) is 0 Å². The van der Waals surface area contributed by atoms with Gasteiger partial charge in [-0.05, 0) is 27.7 Å². The summed E-state index contributed by atoms with van der Waals surface area (Å²) in [5.74, 6) is 0.649. The van der Waals surface area contributed by atoms with Crippen molar-refractivity contribution < 1.29 is 14.3 Å². The van der Waals surface area contributed by atoms with Gasteiger partial charge in [0.25, 0.3) is 0 Å². The van der Waals surface area contributed by atoms with E-state index in [-0.39, 0.29) is 6.09 Å².